The number of halogens is 3. The predicted octanol–water partition coefficient (Wildman–Crippen LogP) is 1.77. The molecule has 5 nitrogen and oxygen atoms in total. The van der Waals surface area contributed by atoms with Crippen LogP contribution in [0.2, 0.25) is 0 Å². The monoisotopic (exact) mass is 218 g/mol. The summed E-state index contributed by atoms with van der Waals surface area (Å²) in [5.41, 5.74) is -2.91. The van der Waals surface area contributed by atoms with Crippen LogP contribution in [-0.4, -0.2) is 15.1 Å². The van der Waals surface area contributed by atoms with Crippen LogP contribution in [0, 0.1) is 16.2 Å². The van der Waals surface area contributed by atoms with Crippen LogP contribution in [0.25, 0.3) is 0 Å². The number of hydrogen-bond acceptors (Lipinski definition) is 3. The molecule has 0 saturated carbocycles. The molecule has 0 amide bonds. The third-order valence-corrected chi connectivity index (χ3v) is 1.51. The van der Waals surface area contributed by atoms with E-state index in [1.54, 1.807) is 0 Å². The van der Waals surface area contributed by atoms with E-state index in [4.69, 9.17) is 10.5 Å². The maximum Gasteiger partial charge on any atom is 0.419 e. The summed E-state index contributed by atoms with van der Waals surface area (Å²) >= 11 is 0. The highest BCUT2D eigenvalue weighted by atomic mass is 19.4. The van der Waals surface area contributed by atoms with Crippen molar-refractivity contribution in [3.05, 3.63) is 28.4 Å². The zero-order valence-corrected chi connectivity index (χ0v) is 6.99. The molecule has 15 heavy (non-hydrogen) atoms. The van der Waals surface area contributed by atoms with Crippen LogP contribution in [-0.2, 0) is 6.18 Å². The number of alkyl halides is 3. The summed E-state index contributed by atoms with van der Waals surface area (Å²) < 4.78 is 36.9. The minimum Gasteiger partial charge on any atom is -0.241 e. The highest BCUT2D eigenvalue weighted by Crippen LogP contribution is 2.32. The van der Waals surface area contributed by atoms with Crippen molar-refractivity contribution in [2.24, 2.45) is 0 Å². The molecule has 1 heterocycles. The standard InChI is InChI=1S/C7H3F3N3O2/c8-7(9,10)5-1-4(13(14)15)3-12-6(5)2-11/h1,3H,(H,14,15)/q+1. The minimum absolute atomic E-state index is 0.346. The number of pyridine rings is 1. The molecule has 0 unspecified atom stereocenters. The zero-order chi connectivity index (χ0) is 11.6. The van der Waals surface area contributed by atoms with Gasteiger partial charge in [-0.3, -0.25) is 0 Å². The van der Waals surface area contributed by atoms with Gasteiger partial charge in [-0.2, -0.15) is 18.4 Å². The summed E-state index contributed by atoms with van der Waals surface area (Å²) in [4.78, 5) is 12.6. The van der Waals surface area contributed by atoms with E-state index in [1.165, 1.54) is 6.07 Å². The molecule has 8 heteroatoms. The highest BCUT2D eigenvalue weighted by molar-refractivity contribution is 5.40. The largest absolute Gasteiger partial charge is 0.419 e. The molecule has 78 valence electrons. The van der Waals surface area contributed by atoms with E-state index >= 15 is 0 Å². The van der Waals surface area contributed by atoms with Crippen molar-refractivity contribution in [3.63, 3.8) is 0 Å². The molecule has 1 aromatic heterocycles. The van der Waals surface area contributed by atoms with Crippen molar-refractivity contribution >= 4 is 5.69 Å². The van der Waals surface area contributed by atoms with Crippen LogP contribution in [0.1, 0.15) is 11.3 Å². The molecule has 0 atom stereocenters. The average molecular weight is 218 g/mol. The second-order valence-electron chi connectivity index (χ2n) is 2.47. The second-order valence-corrected chi connectivity index (χ2v) is 2.47. The smallest absolute Gasteiger partial charge is 0.241 e. The summed E-state index contributed by atoms with van der Waals surface area (Å²) in [5, 5.41) is 16.7. The summed E-state index contributed by atoms with van der Waals surface area (Å²) in [6.45, 7) is 0. The van der Waals surface area contributed by atoms with Crippen molar-refractivity contribution in [3.8, 4) is 6.07 Å². The fraction of sp³-hybridized carbons (Fsp3) is 0.143. The molecule has 0 fully saturated rings. The minimum atomic E-state index is -4.80. The molecule has 0 bridgehead atoms. The Bertz CT molecular complexity index is 450. The maximum absolute atomic E-state index is 12.3. The maximum atomic E-state index is 12.3. The molecular weight excluding hydrogens is 215 g/mol. The van der Waals surface area contributed by atoms with Gasteiger partial charge in [0, 0.05) is 6.07 Å². The predicted molar refractivity (Wildman–Crippen MR) is 39.0 cm³/mol. The fourth-order valence-corrected chi connectivity index (χ4v) is 0.864. The SMILES string of the molecule is N#Cc1ncc([N+](=O)O)cc1C(F)(F)F. The van der Waals surface area contributed by atoms with E-state index in [9.17, 15) is 18.1 Å². The van der Waals surface area contributed by atoms with Gasteiger partial charge in [0.2, 0.25) is 0 Å². The highest BCUT2D eigenvalue weighted by Gasteiger charge is 2.36. The van der Waals surface area contributed by atoms with Gasteiger partial charge in [0.1, 0.15) is 12.3 Å². The first-order valence-electron chi connectivity index (χ1n) is 3.49. The van der Waals surface area contributed by atoms with Crippen LogP contribution in [0.4, 0.5) is 18.9 Å². The topological polar surface area (TPSA) is 77.0 Å². The van der Waals surface area contributed by atoms with Crippen molar-refractivity contribution in [2.75, 3.05) is 0 Å². The Hall–Kier alpha value is -2.17. The summed E-state index contributed by atoms with van der Waals surface area (Å²) in [7, 11) is 0. The Morgan fingerprint density at radius 1 is 1.53 bits per heavy atom. The Balaban J connectivity index is 3.40. The van der Waals surface area contributed by atoms with Crippen molar-refractivity contribution in [1.82, 2.24) is 4.98 Å². The average Bonchev–Trinajstić information content (AvgIpc) is 2.15. The molecule has 1 aromatic rings. The van der Waals surface area contributed by atoms with Gasteiger partial charge >= 0.3 is 11.9 Å². The number of hydrogen-bond donors (Lipinski definition) is 1. The van der Waals surface area contributed by atoms with Crippen LogP contribution in [0.3, 0.4) is 0 Å². The van der Waals surface area contributed by atoms with Gasteiger partial charge in [-0.15, -0.1) is 0 Å². The Labute approximate surface area is 80.9 Å². The lowest BCUT2D eigenvalue weighted by molar-refractivity contribution is -0.730. The Kier molecular flexibility index (Phi) is 2.57. The van der Waals surface area contributed by atoms with Crippen LogP contribution < -0.4 is 0 Å². The normalized spacial score (nSPS) is 10.8. The van der Waals surface area contributed by atoms with E-state index < -0.39 is 28.0 Å². The zero-order valence-electron chi connectivity index (χ0n) is 6.99. The van der Waals surface area contributed by atoms with Gasteiger partial charge in [0.05, 0.1) is 10.5 Å². The molecule has 1 rings (SSSR count). The Morgan fingerprint density at radius 2 is 2.13 bits per heavy atom. The van der Waals surface area contributed by atoms with Crippen molar-refractivity contribution in [2.45, 2.75) is 6.18 Å². The van der Waals surface area contributed by atoms with Crippen LogP contribution in [0.15, 0.2) is 12.3 Å². The number of nitrogens with zero attached hydrogens (tertiary/aromatic N) is 3. The summed E-state index contributed by atoms with van der Waals surface area (Å²) in [5.74, 6) is 0. The van der Waals surface area contributed by atoms with Gasteiger partial charge in [-0.05, 0) is 0 Å². The number of aromatic nitrogens is 1. The molecule has 0 aliphatic heterocycles. The van der Waals surface area contributed by atoms with E-state index in [2.05, 4.69) is 4.98 Å². The molecular formula is C7H3F3N3O2+. The van der Waals surface area contributed by atoms with E-state index in [1.807, 2.05) is 0 Å². The third kappa shape index (κ3) is 2.19. The Morgan fingerprint density at radius 3 is 2.53 bits per heavy atom. The lowest BCUT2D eigenvalue weighted by atomic mass is 10.2. The van der Waals surface area contributed by atoms with E-state index in [0.29, 0.717) is 12.3 Å². The molecule has 0 aromatic carbocycles. The first kappa shape index (κ1) is 10.9. The van der Waals surface area contributed by atoms with Crippen LogP contribution >= 0.6 is 0 Å². The number of rotatable bonds is 1. The van der Waals surface area contributed by atoms with Gasteiger partial charge in [0.15, 0.2) is 5.69 Å². The fourth-order valence-electron chi connectivity index (χ4n) is 0.864. The van der Waals surface area contributed by atoms with Gasteiger partial charge in [0.25, 0.3) is 4.92 Å². The second kappa shape index (κ2) is 3.53. The van der Waals surface area contributed by atoms with Crippen molar-refractivity contribution < 1.29 is 23.3 Å². The molecule has 0 aliphatic rings. The lowest BCUT2D eigenvalue weighted by Crippen LogP contribution is -2.10. The first-order valence-corrected chi connectivity index (χ1v) is 3.49. The summed E-state index contributed by atoms with van der Waals surface area (Å²) in [6, 6.07) is 1.58. The number of nitriles is 1. The van der Waals surface area contributed by atoms with Crippen LogP contribution in [0.5, 0.6) is 0 Å². The van der Waals surface area contributed by atoms with E-state index in [0.717, 1.165) is 0 Å². The lowest BCUT2D eigenvalue weighted by Gasteiger charge is -2.05. The molecule has 0 spiro atoms. The molecule has 1 N–H and O–H groups in total. The first-order chi connectivity index (χ1) is 6.86. The molecule has 0 radical (unpaired) electrons. The molecule has 0 saturated heterocycles. The summed E-state index contributed by atoms with van der Waals surface area (Å²) in [6.07, 6.45) is -4.13. The third-order valence-electron chi connectivity index (χ3n) is 1.51. The van der Waals surface area contributed by atoms with Gasteiger partial charge in [-0.25, -0.2) is 10.2 Å². The van der Waals surface area contributed by atoms with Gasteiger partial charge < -0.3 is 0 Å². The van der Waals surface area contributed by atoms with E-state index in [-0.39, 0.29) is 0 Å². The van der Waals surface area contributed by atoms with Gasteiger partial charge in [-0.1, -0.05) is 0 Å². The quantitative estimate of drug-likeness (QED) is 0.728. The van der Waals surface area contributed by atoms with Crippen molar-refractivity contribution in [1.29, 1.82) is 5.26 Å². The molecule has 0 aliphatic carbocycles.